The molecule has 3 atom stereocenters. The van der Waals surface area contributed by atoms with Crippen LogP contribution < -0.4 is 5.32 Å². The van der Waals surface area contributed by atoms with Crippen LogP contribution in [-0.2, 0) is 0 Å². The molecule has 1 aliphatic heterocycles. The van der Waals surface area contributed by atoms with Crippen molar-refractivity contribution in [1.29, 1.82) is 0 Å². The number of hydrogen-bond acceptors (Lipinski definition) is 2. The predicted octanol–water partition coefficient (Wildman–Crippen LogP) is 2.49. The highest BCUT2D eigenvalue weighted by Gasteiger charge is 2.36. The van der Waals surface area contributed by atoms with E-state index in [-0.39, 0.29) is 0 Å². The summed E-state index contributed by atoms with van der Waals surface area (Å²) in [4.78, 5) is 2.67. The Kier molecular flexibility index (Phi) is 3.60. The number of hydrogen-bond donors (Lipinski definition) is 1. The van der Waals surface area contributed by atoms with Crippen molar-refractivity contribution in [1.82, 2.24) is 10.2 Å². The van der Waals surface area contributed by atoms with Gasteiger partial charge in [-0.05, 0) is 50.6 Å². The van der Waals surface area contributed by atoms with Gasteiger partial charge in [0.2, 0.25) is 0 Å². The lowest BCUT2D eigenvalue weighted by molar-refractivity contribution is 0.0553. The van der Waals surface area contributed by atoms with Crippen LogP contribution in [-0.4, -0.2) is 37.1 Å². The molecular formula is C14H28N2. The zero-order valence-corrected chi connectivity index (χ0v) is 11.4. The van der Waals surface area contributed by atoms with Crippen molar-refractivity contribution in [3.05, 3.63) is 0 Å². The smallest absolute Gasteiger partial charge is 0.0232 e. The molecule has 94 valence electrons. The molecule has 1 N–H and O–H groups in total. The number of likely N-dealkylation sites (N-methyl/N-ethyl adjacent to an activating group) is 1. The van der Waals surface area contributed by atoms with E-state index in [0.29, 0.717) is 5.41 Å². The van der Waals surface area contributed by atoms with Gasteiger partial charge in [0.25, 0.3) is 0 Å². The summed E-state index contributed by atoms with van der Waals surface area (Å²) in [7, 11) is 2.34. The molecular weight excluding hydrogens is 196 g/mol. The van der Waals surface area contributed by atoms with Gasteiger partial charge in [0.05, 0.1) is 0 Å². The quantitative estimate of drug-likeness (QED) is 0.775. The van der Waals surface area contributed by atoms with E-state index < -0.39 is 0 Å². The van der Waals surface area contributed by atoms with Crippen molar-refractivity contribution in [2.45, 2.75) is 58.5 Å². The molecule has 0 aromatic carbocycles. The third kappa shape index (κ3) is 2.60. The van der Waals surface area contributed by atoms with Crippen LogP contribution in [0.3, 0.4) is 0 Å². The fraction of sp³-hybridized carbons (Fsp3) is 1.00. The Hall–Kier alpha value is -0.0800. The molecule has 0 bridgehead atoms. The van der Waals surface area contributed by atoms with E-state index in [1.807, 2.05) is 0 Å². The normalized spacial score (nSPS) is 39.2. The average Bonchev–Trinajstić information content (AvgIpc) is 2.68. The second kappa shape index (κ2) is 4.66. The lowest BCUT2D eigenvalue weighted by atomic mass is 9.70. The Morgan fingerprint density at radius 2 is 2.00 bits per heavy atom. The molecule has 0 spiro atoms. The predicted molar refractivity (Wildman–Crippen MR) is 69.6 cm³/mol. The van der Waals surface area contributed by atoms with Crippen molar-refractivity contribution in [2.75, 3.05) is 20.1 Å². The van der Waals surface area contributed by atoms with Crippen LogP contribution in [0.4, 0.5) is 0 Å². The Morgan fingerprint density at radius 1 is 1.25 bits per heavy atom. The lowest BCUT2D eigenvalue weighted by Gasteiger charge is -2.45. The minimum Gasteiger partial charge on any atom is -0.315 e. The number of rotatable bonds is 2. The summed E-state index contributed by atoms with van der Waals surface area (Å²) in [6, 6.07) is 1.60. The van der Waals surface area contributed by atoms with Gasteiger partial charge in [-0.1, -0.05) is 20.8 Å². The van der Waals surface area contributed by atoms with Crippen molar-refractivity contribution >= 4 is 0 Å². The van der Waals surface area contributed by atoms with Gasteiger partial charge in [0.15, 0.2) is 0 Å². The second-order valence-electron chi connectivity index (χ2n) is 6.76. The van der Waals surface area contributed by atoms with Crippen LogP contribution in [0.25, 0.3) is 0 Å². The molecule has 2 aliphatic rings. The Labute approximate surface area is 101 Å². The Bertz CT molecular complexity index is 231. The first kappa shape index (κ1) is 12.4. The van der Waals surface area contributed by atoms with Crippen LogP contribution in [0.15, 0.2) is 0 Å². The molecule has 3 unspecified atom stereocenters. The summed E-state index contributed by atoms with van der Waals surface area (Å²) in [6.07, 6.45) is 5.51. The average molecular weight is 224 g/mol. The van der Waals surface area contributed by atoms with E-state index >= 15 is 0 Å². The molecule has 1 heterocycles. The number of nitrogens with one attached hydrogen (secondary N) is 1. The third-order valence-electron chi connectivity index (χ3n) is 4.78. The fourth-order valence-electron chi connectivity index (χ4n) is 3.80. The summed E-state index contributed by atoms with van der Waals surface area (Å²) in [5, 5.41) is 3.48. The highest BCUT2D eigenvalue weighted by Crippen LogP contribution is 2.40. The third-order valence-corrected chi connectivity index (χ3v) is 4.78. The second-order valence-corrected chi connectivity index (χ2v) is 6.76. The maximum absolute atomic E-state index is 3.48. The van der Waals surface area contributed by atoms with E-state index in [1.165, 1.54) is 38.8 Å². The summed E-state index contributed by atoms with van der Waals surface area (Å²) >= 11 is 0. The molecule has 2 heteroatoms. The Morgan fingerprint density at radius 3 is 2.56 bits per heavy atom. The van der Waals surface area contributed by atoms with Gasteiger partial charge in [-0.25, -0.2) is 0 Å². The monoisotopic (exact) mass is 224 g/mol. The number of nitrogens with zero attached hydrogens (tertiary/aromatic N) is 1. The van der Waals surface area contributed by atoms with E-state index in [4.69, 9.17) is 0 Å². The first-order chi connectivity index (χ1) is 7.49. The zero-order valence-electron chi connectivity index (χ0n) is 11.4. The first-order valence-electron chi connectivity index (χ1n) is 6.92. The van der Waals surface area contributed by atoms with E-state index in [0.717, 1.165) is 18.0 Å². The molecule has 0 aromatic heterocycles. The standard InChI is InChI=1S/C14H28N2/c1-11-9-14(2,3)7-5-13(11)16(4)12-6-8-15-10-12/h11-13,15H,5-10H2,1-4H3. The molecule has 0 aromatic rings. The summed E-state index contributed by atoms with van der Waals surface area (Å²) < 4.78 is 0. The van der Waals surface area contributed by atoms with Gasteiger partial charge >= 0.3 is 0 Å². The molecule has 0 radical (unpaired) electrons. The van der Waals surface area contributed by atoms with Crippen LogP contribution in [0.1, 0.15) is 46.5 Å². The maximum atomic E-state index is 3.48. The topological polar surface area (TPSA) is 15.3 Å². The minimum atomic E-state index is 0.574. The van der Waals surface area contributed by atoms with E-state index in [9.17, 15) is 0 Å². The first-order valence-corrected chi connectivity index (χ1v) is 6.92. The largest absolute Gasteiger partial charge is 0.315 e. The fourth-order valence-corrected chi connectivity index (χ4v) is 3.80. The SMILES string of the molecule is CC1CC(C)(C)CCC1N(C)C1CCNC1. The summed E-state index contributed by atoms with van der Waals surface area (Å²) in [5.74, 6) is 0.856. The van der Waals surface area contributed by atoms with E-state index in [2.05, 4.69) is 38.0 Å². The van der Waals surface area contributed by atoms with Crippen molar-refractivity contribution in [3.63, 3.8) is 0 Å². The van der Waals surface area contributed by atoms with Crippen LogP contribution >= 0.6 is 0 Å². The van der Waals surface area contributed by atoms with Crippen LogP contribution in [0, 0.1) is 11.3 Å². The van der Waals surface area contributed by atoms with Crippen molar-refractivity contribution in [2.24, 2.45) is 11.3 Å². The molecule has 0 amide bonds. The Balaban J connectivity index is 1.94. The van der Waals surface area contributed by atoms with Gasteiger partial charge in [0, 0.05) is 18.6 Å². The highest BCUT2D eigenvalue weighted by molar-refractivity contribution is 4.91. The van der Waals surface area contributed by atoms with Gasteiger partial charge in [0.1, 0.15) is 0 Å². The van der Waals surface area contributed by atoms with Gasteiger partial charge in [-0.2, -0.15) is 0 Å². The van der Waals surface area contributed by atoms with Gasteiger partial charge in [-0.3, -0.25) is 4.90 Å². The summed E-state index contributed by atoms with van der Waals surface area (Å²) in [6.45, 7) is 9.71. The molecule has 2 rings (SSSR count). The molecule has 1 aliphatic carbocycles. The van der Waals surface area contributed by atoms with Crippen molar-refractivity contribution in [3.8, 4) is 0 Å². The highest BCUT2D eigenvalue weighted by atomic mass is 15.2. The molecule has 16 heavy (non-hydrogen) atoms. The molecule has 1 saturated heterocycles. The van der Waals surface area contributed by atoms with Gasteiger partial charge in [-0.15, -0.1) is 0 Å². The van der Waals surface area contributed by atoms with Crippen molar-refractivity contribution < 1.29 is 0 Å². The maximum Gasteiger partial charge on any atom is 0.0232 e. The van der Waals surface area contributed by atoms with Gasteiger partial charge < -0.3 is 5.32 Å². The zero-order chi connectivity index (χ0) is 11.8. The summed E-state index contributed by atoms with van der Waals surface area (Å²) in [5.41, 5.74) is 0.574. The molecule has 2 nitrogen and oxygen atoms in total. The molecule has 2 fully saturated rings. The van der Waals surface area contributed by atoms with Crippen LogP contribution in [0.2, 0.25) is 0 Å². The van der Waals surface area contributed by atoms with Crippen LogP contribution in [0.5, 0.6) is 0 Å². The lowest BCUT2D eigenvalue weighted by Crippen LogP contribution is -2.48. The van der Waals surface area contributed by atoms with E-state index in [1.54, 1.807) is 0 Å². The molecule has 1 saturated carbocycles. The minimum absolute atomic E-state index is 0.574.